The molecule has 0 spiro atoms. The number of nitrogens with two attached hydrogens (primary N) is 1. The van der Waals surface area contributed by atoms with Crippen LogP contribution in [0.1, 0.15) is 66.2 Å². The molecule has 2 N–H and O–H groups in total. The van der Waals surface area contributed by atoms with Gasteiger partial charge in [0.2, 0.25) is 0 Å². The number of anilines is 2. The minimum Gasteiger partial charge on any atom is -0.384 e. The molecule has 2 aromatic heterocycles. The Hall–Kier alpha value is -3.67. The zero-order chi connectivity index (χ0) is 22.9. The fraction of sp³-hybridized carbons (Fsp3) is 0.321. The lowest BCUT2D eigenvalue weighted by molar-refractivity contribution is 0.483. The van der Waals surface area contributed by atoms with E-state index in [0.29, 0.717) is 17.7 Å². The number of aromatic nitrogens is 4. The van der Waals surface area contributed by atoms with Crippen molar-refractivity contribution in [3.05, 3.63) is 102 Å². The molecule has 0 amide bonds. The molecule has 3 heterocycles. The maximum Gasteiger partial charge on any atom is 0.131 e. The predicted molar refractivity (Wildman–Crippen MR) is 135 cm³/mol. The van der Waals surface area contributed by atoms with Gasteiger partial charge in [-0.05, 0) is 36.8 Å². The average molecular weight is 451 g/mol. The van der Waals surface area contributed by atoms with Gasteiger partial charge in [-0.3, -0.25) is 0 Å². The first kappa shape index (κ1) is 20.9. The molecule has 6 rings (SSSR count). The van der Waals surface area contributed by atoms with E-state index in [-0.39, 0.29) is 6.04 Å². The van der Waals surface area contributed by atoms with Crippen LogP contribution in [0.25, 0.3) is 0 Å². The summed E-state index contributed by atoms with van der Waals surface area (Å²) in [5.41, 5.74) is 11.1. The van der Waals surface area contributed by atoms with Crippen molar-refractivity contribution in [2.24, 2.45) is 0 Å². The summed E-state index contributed by atoms with van der Waals surface area (Å²) in [6.45, 7) is 1.95. The maximum absolute atomic E-state index is 6.56. The van der Waals surface area contributed by atoms with Crippen LogP contribution >= 0.6 is 0 Å². The molecule has 6 nitrogen and oxygen atoms in total. The number of rotatable bonds is 6. The summed E-state index contributed by atoms with van der Waals surface area (Å²) in [6, 6.07) is 23.0. The van der Waals surface area contributed by atoms with E-state index < -0.39 is 0 Å². The summed E-state index contributed by atoms with van der Waals surface area (Å²) in [4.78, 5) is 11.6. The summed E-state index contributed by atoms with van der Waals surface area (Å²) in [5, 5.41) is 5.07. The molecule has 34 heavy (non-hydrogen) atoms. The number of benzene rings is 2. The average Bonchev–Trinajstić information content (AvgIpc) is 3.69. The smallest absolute Gasteiger partial charge is 0.131 e. The Morgan fingerprint density at radius 2 is 1.35 bits per heavy atom. The third-order valence-electron chi connectivity index (χ3n) is 7.14. The molecular formula is C28H30N6. The van der Waals surface area contributed by atoms with Gasteiger partial charge >= 0.3 is 0 Å². The Kier molecular flexibility index (Phi) is 5.49. The number of piperidine rings is 1. The van der Waals surface area contributed by atoms with Crippen molar-refractivity contribution in [3.8, 4) is 0 Å². The van der Waals surface area contributed by atoms with E-state index in [2.05, 4.69) is 69.5 Å². The second kappa shape index (κ2) is 8.93. The van der Waals surface area contributed by atoms with E-state index in [0.717, 1.165) is 43.1 Å². The number of nitrogens with zero attached hydrogens (tertiary/aromatic N) is 5. The standard InChI is InChI=1S/C28H30N6/c29-26-17-25(20-13-15-33(16-14-20)24-18-30-28(31-19-24)23-11-12-23)32-34(26)27(21-7-3-1-4-8-21)22-9-5-2-6-10-22/h1-10,17-20,23,27H,11-16,29H2. The normalized spacial score (nSPS) is 16.8. The molecular weight excluding hydrogens is 420 g/mol. The quantitative estimate of drug-likeness (QED) is 0.440. The molecule has 0 unspecified atom stereocenters. The molecule has 0 bridgehead atoms. The Morgan fingerprint density at radius 3 is 1.91 bits per heavy atom. The van der Waals surface area contributed by atoms with E-state index >= 15 is 0 Å². The second-order valence-electron chi connectivity index (χ2n) is 9.50. The first-order valence-electron chi connectivity index (χ1n) is 12.3. The first-order valence-corrected chi connectivity index (χ1v) is 12.3. The summed E-state index contributed by atoms with van der Waals surface area (Å²) in [7, 11) is 0. The Bertz CT molecular complexity index is 1180. The maximum atomic E-state index is 6.56. The van der Waals surface area contributed by atoms with Crippen LogP contribution in [-0.4, -0.2) is 32.8 Å². The first-order chi connectivity index (χ1) is 16.8. The van der Waals surface area contributed by atoms with E-state index in [4.69, 9.17) is 10.8 Å². The van der Waals surface area contributed by atoms with Crippen LogP contribution < -0.4 is 10.6 Å². The molecule has 1 saturated carbocycles. The highest BCUT2D eigenvalue weighted by molar-refractivity contribution is 5.44. The molecule has 2 fully saturated rings. The molecule has 1 saturated heterocycles. The van der Waals surface area contributed by atoms with Gasteiger partial charge in [0.15, 0.2) is 0 Å². The zero-order valence-electron chi connectivity index (χ0n) is 19.3. The van der Waals surface area contributed by atoms with E-state index in [1.165, 1.54) is 24.0 Å². The van der Waals surface area contributed by atoms with Gasteiger partial charge in [-0.25, -0.2) is 14.6 Å². The van der Waals surface area contributed by atoms with Crippen molar-refractivity contribution >= 4 is 11.5 Å². The number of nitrogen functional groups attached to an aromatic ring is 1. The van der Waals surface area contributed by atoms with E-state index in [1.54, 1.807) is 0 Å². The highest BCUT2D eigenvalue weighted by atomic mass is 15.3. The fourth-order valence-electron chi connectivity index (χ4n) is 5.06. The molecule has 0 radical (unpaired) electrons. The van der Waals surface area contributed by atoms with Crippen molar-refractivity contribution in [3.63, 3.8) is 0 Å². The number of hydrogen-bond acceptors (Lipinski definition) is 5. The zero-order valence-corrected chi connectivity index (χ0v) is 19.3. The lowest BCUT2D eigenvalue weighted by atomic mass is 9.93. The topological polar surface area (TPSA) is 72.9 Å². The van der Waals surface area contributed by atoms with Crippen LogP contribution in [0.3, 0.4) is 0 Å². The van der Waals surface area contributed by atoms with E-state index in [9.17, 15) is 0 Å². The Morgan fingerprint density at radius 1 is 0.765 bits per heavy atom. The summed E-state index contributed by atoms with van der Waals surface area (Å²) < 4.78 is 2.00. The predicted octanol–water partition coefficient (Wildman–Crippen LogP) is 5.15. The van der Waals surface area contributed by atoms with Gasteiger partial charge in [0.25, 0.3) is 0 Å². The van der Waals surface area contributed by atoms with Crippen molar-refractivity contribution in [1.82, 2.24) is 19.7 Å². The molecule has 4 aromatic rings. The summed E-state index contributed by atoms with van der Waals surface area (Å²) in [5.74, 6) is 2.71. The highest BCUT2D eigenvalue weighted by Crippen LogP contribution is 2.38. The molecule has 1 aliphatic carbocycles. The van der Waals surface area contributed by atoms with Crippen molar-refractivity contribution in [2.45, 2.75) is 43.6 Å². The molecule has 1 aliphatic heterocycles. The van der Waals surface area contributed by atoms with Gasteiger partial charge in [-0.15, -0.1) is 0 Å². The summed E-state index contributed by atoms with van der Waals surface area (Å²) >= 11 is 0. The lowest BCUT2D eigenvalue weighted by Crippen LogP contribution is -2.33. The van der Waals surface area contributed by atoms with Crippen LogP contribution in [-0.2, 0) is 0 Å². The van der Waals surface area contributed by atoms with Crippen molar-refractivity contribution in [2.75, 3.05) is 23.7 Å². The number of hydrogen-bond donors (Lipinski definition) is 1. The van der Waals surface area contributed by atoms with Crippen LogP contribution in [0, 0.1) is 0 Å². The third kappa shape index (κ3) is 4.16. The minimum absolute atomic E-state index is 0.0432. The second-order valence-corrected chi connectivity index (χ2v) is 9.50. The largest absolute Gasteiger partial charge is 0.384 e. The van der Waals surface area contributed by atoms with Gasteiger partial charge in [0, 0.05) is 31.0 Å². The van der Waals surface area contributed by atoms with Gasteiger partial charge in [0.1, 0.15) is 17.7 Å². The SMILES string of the molecule is Nc1cc(C2CCN(c3cnc(C4CC4)nc3)CC2)nn1C(c1ccccc1)c1ccccc1. The van der Waals surface area contributed by atoms with Gasteiger partial charge < -0.3 is 10.6 Å². The Balaban J connectivity index is 1.21. The molecule has 2 aliphatic rings. The van der Waals surface area contributed by atoms with Crippen molar-refractivity contribution in [1.29, 1.82) is 0 Å². The van der Waals surface area contributed by atoms with Crippen LogP contribution in [0.2, 0.25) is 0 Å². The lowest BCUT2D eigenvalue weighted by Gasteiger charge is -2.32. The van der Waals surface area contributed by atoms with Crippen LogP contribution in [0.15, 0.2) is 79.1 Å². The van der Waals surface area contributed by atoms with Crippen molar-refractivity contribution < 1.29 is 0 Å². The van der Waals surface area contributed by atoms with Crippen LogP contribution in [0.5, 0.6) is 0 Å². The fourth-order valence-corrected chi connectivity index (χ4v) is 5.06. The van der Waals surface area contributed by atoms with Gasteiger partial charge in [-0.2, -0.15) is 5.10 Å². The minimum atomic E-state index is -0.0432. The third-order valence-corrected chi connectivity index (χ3v) is 7.14. The molecule has 0 atom stereocenters. The van der Waals surface area contributed by atoms with Crippen LogP contribution in [0.4, 0.5) is 11.5 Å². The monoisotopic (exact) mass is 450 g/mol. The Labute approximate surface area is 200 Å². The van der Waals surface area contributed by atoms with Gasteiger partial charge in [0.05, 0.1) is 23.8 Å². The van der Waals surface area contributed by atoms with E-state index in [1.807, 2.05) is 29.2 Å². The molecule has 6 heteroatoms. The molecule has 2 aromatic carbocycles. The summed E-state index contributed by atoms with van der Waals surface area (Å²) in [6.07, 6.45) is 8.55. The van der Waals surface area contributed by atoms with Gasteiger partial charge in [-0.1, -0.05) is 60.7 Å². The molecule has 172 valence electrons. The highest BCUT2D eigenvalue weighted by Gasteiger charge is 2.28.